The van der Waals surface area contributed by atoms with Crippen LogP contribution in [0.5, 0.6) is 11.8 Å². The molecule has 11 heteroatoms. The van der Waals surface area contributed by atoms with Crippen molar-refractivity contribution in [3.05, 3.63) is 17.2 Å². The number of hydrogen-bond acceptors (Lipinski definition) is 5. The zero-order chi connectivity index (χ0) is 17.8. The molecule has 0 fully saturated rings. The van der Waals surface area contributed by atoms with Crippen LogP contribution in [0.1, 0.15) is 18.1 Å². The van der Waals surface area contributed by atoms with Crippen LogP contribution < -0.4 is 9.47 Å². The number of halogens is 6. The molecule has 0 amide bonds. The second-order valence-corrected chi connectivity index (χ2v) is 4.02. The Labute approximate surface area is 126 Å². The number of alkyl halides is 6. The van der Waals surface area contributed by atoms with Gasteiger partial charge in [-0.1, -0.05) is 0 Å². The smallest absolute Gasteiger partial charge is 0.481 e. The van der Waals surface area contributed by atoms with E-state index in [0.717, 1.165) is 7.11 Å². The van der Waals surface area contributed by atoms with Crippen LogP contribution in [0.4, 0.5) is 26.3 Å². The van der Waals surface area contributed by atoms with Crippen LogP contribution in [-0.2, 0) is 22.1 Å². The van der Waals surface area contributed by atoms with Crippen molar-refractivity contribution >= 4 is 5.97 Å². The lowest BCUT2D eigenvalue weighted by molar-refractivity contribution is -0.276. The van der Waals surface area contributed by atoms with Crippen LogP contribution in [0, 0.1) is 0 Å². The molecule has 0 aliphatic carbocycles. The predicted octanol–water partition coefficient (Wildman–Crippen LogP) is 3.11. The quantitative estimate of drug-likeness (QED) is 0.605. The average Bonchev–Trinajstić information content (AvgIpc) is 2.37. The van der Waals surface area contributed by atoms with E-state index in [0.29, 0.717) is 6.07 Å². The van der Waals surface area contributed by atoms with Gasteiger partial charge in [-0.3, -0.25) is 4.79 Å². The Balaban J connectivity index is 3.47. The topological polar surface area (TPSA) is 57.7 Å². The second-order valence-electron chi connectivity index (χ2n) is 4.02. The molecule has 1 aromatic heterocycles. The third-order valence-electron chi connectivity index (χ3n) is 2.42. The number of hydrogen-bond donors (Lipinski definition) is 0. The number of pyridine rings is 1. The lowest BCUT2D eigenvalue weighted by Gasteiger charge is -2.18. The number of aromatic nitrogens is 1. The molecule has 1 heterocycles. The van der Waals surface area contributed by atoms with Crippen molar-refractivity contribution in [2.24, 2.45) is 0 Å². The van der Waals surface area contributed by atoms with Gasteiger partial charge in [0.05, 0.1) is 25.7 Å². The Morgan fingerprint density at radius 1 is 1.22 bits per heavy atom. The predicted molar refractivity (Wildman–Crippen MR) is 62.8 cm³/mol. The van der Waals surface area contributed by atoms with Crippen molar-refractivity contribution in [2.75, 3.05) is 13.7 Å². The van der Waals surface area contributed by atoms with Gasteiger partial charge in [-0.15, -0.1) is 13.2 Å². The summed E-state index contributed by atoms with van der Waals surface area (Å²) in [5, 5.41) is 0. The molecule has 0 saturated heterocycles. The zero-order valence-corrected chi connectivity index (χ0v) is 11.8. The van der Waals surface area contributed by atoms with E-state index in [9.17, 15) is 31.1 Å². The van der Waals surface area contributed by atoms with Gasteiger partial charge in [0.1, 0.15) is 0 Å². The van der Waals surface area contributed by atoms with Crippen LogP contribution in [-0.4, -0.2) is 31.0 Å². The largest absolute Gasteiger partial charge is 0.574 e. The summed E-state index contributed by atoms with van der Waals surface area (Å²) in [4.78, 5) is 14.6. The Morgan fingerprint density at radius 2 is 1.83 bits per heavy atom. The molecular formula is C12H11F6NO4. The maximum Gasteiger partial charge on any atom is 0.574 e. The maximum absolute atomic E-state index is 13.0. The molecule has 130 valence electrons. The summed E-state index contributed by atoms with van der Waals surface area (Å²) in [6, 6.07) is 0.373. The van der Waals surface area contributed by atoms with Crippen molar-refractivity contribution in [2.45, 2.75) is 25.9 Å². The first kappa shape index (κ1) is 18.8. The number of carbonyl (C=O) groups excluding carboxylic acids is 1. The first-order valence-corrected chi connectivity index (χ1v) is 6.04. The highest BCUT2D eigenvalue weighted by molar-refractivity contribution is 5.74. The van der Waals surface area contributed by atoms with Gasteiger partial charge in [0.15, 0.2) is 0 Å². The highest BCUT2D eigenvalue weighted by Crippen LogP contribution is 2.39. The molecule has 0 spiro atoms. The van der Waals surface area contributed by atoms with E-state index in [4.69, 9.17) is 0 Å². The first-order valence-electron chi connectivity index (χ1n) is 6.04. The van der Waals surface area contributed by atoms with E-state index in [1.165, 1.54) is 6.92 Å². The number of nitrogens with zero attached hydrogens (tertiary/aromatic N) is 1. The van der Waals surface area contributed by atoms with Crippen molar-refractivity contribution < 1.29 is 45.3 Å². The van der Waals surface area contributed by atoms with Gasteiger partial charge in [-0.2, -0.15) is 18.2 Å². The van der Waals surface area contributed by atoms with Crippen molar-refractivity contribution in [1.29, 1.82) is 0 Å². The van der Waals surface area contributed by atoms with Crippen LogP contribution in [0.3, 0.4) is 0 Å². The Hall–Kier alpha value is -2.20. The minimum Gasteiger partial charge on any atom is -0.481 e. The minimum absolute atomic E-state index is 0.154. The van der Waals surface area contributed by atoms with E-state index in [1.807, 2.05) is 0 Å². The van der Waals surface area contributed by atoms with Gasteiger partial charge in [-0.25, -0.2) is 0 Å². The lowest BCUT2D eigenvalue weighted by Crippen LogP contribution is -2.22. The molecule has 0 radical (unpaired) electrons. The number of rotatable bonds is 5. The van der Waals surface area contributed by atoms with Crippen molar-refractivity contribution in [3.8, 4) is 11.8 Å². The first-order chi connectivity index (χ1) is 10.5. The fourth-order valence-corrected chi connectivity index (χ4v) is 1.60. The van der Waals surface area contributed by atoms with Gasteiger partial charge in [0, 0.05) is 11.6 Å². The van der Waals surface area contributed by atoms with Crippen LogP contribution in [0.25, 0.3) is 0 Å². The Morgan fingerprint density at radius 3 is 2.26 bits per heavy atom. The van der Waals surface area contributed by atoms with Crippen molar-refractivity contribution in [3.63, 3.8) is 0 Å². The fraction of sp³-hybridized carbons (Fsp3) is 0.500. The summed E-state index contributed by atoms with van der Waals surface area (Å²) in [5.74, 6) is -3.32. The van der Waals surface area contributed by atoms with Crippen molar-refractivity contribution in [1.82, 2.24) is 4.98 Å². The van der Waals surface area contributed by atoms with Crippen LogP contribution >= 0.6 is 0 Å². The fourth-order valence-electron chi connectivity index (χ4n) is 1.60. The summed E-state index contributed by atoms with van der Waals surface area (Å²) >= 11 is 0. The Kier molecular flexibility index (Phi) is 5.67. The molecule has 5 nitrogen and oxygen atoms in total. The zero-order valence-electron chi connectivity index (χ0n) is 11.8. The molecule has 0 N–H and O–H groups in total. The third kappa shape index (κ3) is 5.49. The van der Waals surface area contributed by atoms with E-state index in [2.05, 4.69) is 19.2 Å². The standard InChI is InChI=1S/C12H11F6NO4/c1-3-22-9(20)4-6-7(11(13,14)15)5-8(21-2)19-10(6)23-12(16,17)18/h5H,3-4H2,1-2H3. The van der Waals surface area contributed by atoms with Gasteiger partial charge in [-0.05, 0) is 6.92 Å². The van der Waals surface area contributed by atoms with Gasteiger partial charge >= 0.3 is 18.5 Å². The molecule has 0 unspecified atom stereocenters. The maximum atomic E-state index is 13.0. The normalized spacial score (nSPS) is 12.0. The average molecular weight is 347 g/mol. The van der Waals surface area contributed by atoms with Gasteiger partial charge < -0.3 is 14.2 Å². The number of ether oxygens (including phenoxy) is 3. The molecule has 0 aromatic carbocycles. The molecule has 1 aromatic rings. The molecular weight excluding hydrogens is 336 g/mol. The molecule has 23 heavy (non-hydrogen) atoms. The minimum atomic E-state index is -5.30. The summed E-state index contributed by atoms with van der Waals surface area (Å²) in [5.41, 5.74) is -2.62. The Bertz CT molecular complexity index is 570. The highest BCUT2D eigenvalue weighted by atomic mass is 19.4. The molecule has 0 atom stereocenters. The molecule has 0 aliphatic heterocycles. The summed E-state index contributed by atoms with van der Waals surface area (Å²) < 4.78 is 88.6. The molecule has 0 bridgehead atoms. The van der Waals surface area contributed by atoms with E-state index in [1.54, 1.807) is 0 Å². The van der Waals surface area contributed by atoms with Gasteiger partial charge in [0.25, 0.3) is 0 Å². The highest BCUT2D eigenvalue weighted by Gasteiger charge is 2.40. The van der Waals surface area contributed by atoms with Gasteiger partial charge in [0.2, 0.25) is 11.8 Å². The summed E-state index contributed by atoms with van der Waals surface area (Å²) in [6.07, 6.45) is -11.4. The number of esters is 1. The van der Waals surface area contributed by atoms with Crippen LogP contribution in [0.15, 0.2) is 6.07 Å². The summed E-state index contributed by atoms with van der Waals surface area (Å²) in [7, 11) is 0.922. The third-order valence-corrected chi connectivity index (χ3v) is 2.42. The van der Waals surface area contributed by atoms with E-state index >= 15 is 0 Å². The van der Waals surface area contributed by atoms with Crippen LogP contribution in [0.2, 0.25) is 0 Å². The number of carbonyl (C=O) groups is 1. The lowest BCUT2D eigenvalue weighted by atomic mass is 10.1. The van der Waals surface area contributed by atoms with E-state index in [-0.39, 0.29) is 6.61 Å². The molecule has 0 saturated carbocycles. The van der Waals surface area contributed by atoms with E-state index < -0.39 is 47.8 Å². The SMILES string of the molecule is CCOC(=O)Cc1c(C(F)(F)F)cc(OC)nc1OC(F)(F)F. The summed E-state index contributed by atoms with van der Waals surface area (Å²) in [6.45, 7) is 1.24. The molecule has 1 rings (SSSR count). The second kappa shape index (κ2) is 6.92. The monoisotopic (exact) mass is 347 g/mol. The number of methoxy groups -OCH3 is 1. The molecule has 0 aliphatic rings.